The summed E-state index contributed by atoms with van der Waals surface area (Å²) in [5.74, 6) is 0.229. The maximum absolute atomic E-state index is 12.9. The Labute approximate surface area is 167 Å². The number of hydrogen-bond donors (Lipinski definition) is 2. The lowest BCUT2D eigenvalue weighted by atomic mass is 10.1. The summed E-state index contributed by atoms with van der Waals surface area (Å²) in [4.78, 5) is 16.1. The molecule has 6 heteroatoms. The summed E-state index contributed by atoms with van der Waals surface area (Å²) in [5, 5.41) is 9.30. The van der Waals surface area contributed by atoms with Crippen LogP contribution in [0.4, 0.5) is 0 Å². The standard InChI is InChI=1S/C22H19ClN4O/c1-14-11-22(14,16-12-24-27(13-16)18-5-3-2-4-6-18)26-21(28)20-10-15-9-17(23)7-8-19(15)25-20/h2-10,12-14,25H,11H2,1H3,(H,26,28)/t14-,22-/m1/s1. The van der Waals surface area contributed by atoms with Crippen LogP contribution in [0.3, 0.4) is 0 Å². The molecule has 1 fully saturated rings. The van der Waals surface area contributed by atoms with Gasteiger partial charge in [0, 0.05) is 27.7 Å². The zero-order valence-electron chi connectivity index (χ0n) is 15.3. The summed E-state index contributed by atoms with van der Waals surface area (Å²) in [7, 11) is 0. The van der Waals surface area contributed by atoms with E-state index >= 15 is 0 Å². The largest absolute Gasteiger partial charge is 0.351 e. The van der Waals surface area contributed by atoms with Gasteiger partial charge in [-0.2, -0.15) is 5.10 Å². The number of nitrogens with zero attached hydrogens (tertiary/aromatic N) is 2. The van der Waals surface area contributed by atoms with E-state index in [-0.39, 0.29) is 11.4 Å². The number of amides is 1. The maximum Gasteiger partial charge on any atom is 0.268 e. The molecule has 2 heterocycles. The minimum atomic E-state index is -0.376. The Morgan fingerprint density at radius 3 is 2.79 bits per heavy atom. The molecule has 2 atom stereocenters. The van der Waals surface area contributed by atoms with Crippen molar-refractivity contribution in [3.8, 4) is 5.69 Å². The Morgan fingerprint density at radius 1 is 1.25 bits per heavy atom. The van der Waals surface area contributed by atoms with Crippen LogP contribution in [0.25, 0.3) is 16.6 Å². The van der Waals surface area contributed by atoms with Crippen LogP contribution in [0.1, 0.15) is 29.4 Å². The average Bonchev–Trinajstić information content (AvgIpc) is 3.10. The van der Waals surface area contributed by atoms with Crippen molar-refractivity contribution in [2.24, 2.45) is 5.92 Å². The van der Waals surface area contributed by atoms with Gasteiger partial charge in [-0.1, -0.05) is 36.7 Å². The molecule has 1 aliphatic rings. The minimum Gasteiger partial charge on any atom is -0.351 e. The molecule has 5 nitrogen and oxygen atoms in total. The number of benzene rings is 2. The fourth-order valence-electron chi connectivity index (χ4n) is 3.84. The number of carbonyl (C=O) groups excluding carboxylic acids is 1. The monoisotopic (exact) mass is 390 g/mol. The first-order valence-corrected chi connectivity index (χ1v) is 9.64. The van der Waals surface area contributed by atoms with Crippen LogP contribution in [-0.2, 0) is 5.54 Å². The third-order valence-electron chi connectivity index (χ3n) is 5.59. The molecule has 0 bridgehead atoms. The van der Waals surface area contributed by atoms with Gasteiger partial charge >= 0.3 is 0 Å². The summed E-state index contributed by atoms with van der Waals surface area (Å²) in [6.07, 6.45) is 4.75. The average molecular weight is 391 g/mol. The van der Waals surface area contributed by atoms with Gasteiger partial charge in [0.15, 0.2) is 0 Å². The summed E-state index contributed by atoms with van der Waals surface area (Å²) in [6, 6.07) is 17.3. The van der Waals surface area contributed by atoms with Gasteiger partial charge in [-0.15, -0.1) is 0 Å². The number of para-hydroxylation sites is 1. The predicted octanol–water partition coefficient (Wildman–Crippen LogP) is 4.67. The number of carbonyl (C=O) groups is 1. The molecule has 0 saturated heterocycles. The Hall–Kier alpha value is -3.05. The van der Waals surface area contributed by atoms with E-state index in [4.69, 9.17) is 11.6 Å². The first-order valence-electron chi connectivity index (χ1n) is 9.26. The Bertz CT molecular complexity index is 1180. The molecule has 1 amide bonds. The molecule has 1 aliphatic carbocycles. The van der Waals surface area contributed by atoms with Gasteiger partial charge < -0.3 is 10.3 Å². The summed E-state index contributed by atoms with van der Waals surface area (Å²) in [5.41, 5.74) is 3.07. The van der Waals surface area contributed by atoms with E-state index in [1.165, 1.54) is 0 Å². The normalized spacial score (nSPS) is 21.0. The zero-order chi connectivity index (χ0) is 19.3. The second-order valence-electron chi connectivity index (χ2n) is 7.45. The molecular weight excluding hydrogens is 372 g/mol. The number of fused-ring (bicyclic) bond motifs is 1. The van der Waals surface area contributed by atoms with Crippen LogP contribution in [0.2, 0.25) is 5.02 Å². The third-order valence-corrected chi connectivity index (χ3v) is 5.83. The van der Waals surface area contributed by atoms with E-state index in [0.717, 1.165) is 28.6 Å². The number of aromatic amines is 1. The van der Waals surface area contributed by atoms with Crippen molar-refractivity contribution in [2.75, 3.05) is 0 Å². The number of nitrogens with one attached hydrogen (secondary N) is 2. The molecule has 2 aromatic carbocycles. The highest BCUT2D eigenvalue weighted by atomic mass is 35.5. The Balaban J connectivity index is 1.42. The van der Waals surface area contributed by atoms with Crippen molar-refractivity contribution >= 4 is 28.4 Å². The highest BCUT2D eigenvalue weighted by Gasteiger charge is 2.54. The molecule has 2 N–H and O–H groups in total. The van der Waals surface area contributed by atoms with Gasteiger partial charge in [-0.05, 0) is 48.7 Å². The lowest BCUT2D eigenvalue weighted by molar-refractivity contribution is 0.0923. The molecule has 0 aliphatic heterocycles. The van der Waals surface area contributed by atoms with Crippen molar-refractivity contribution in [2.45, 2.75) is 18.9 Å². The smallest absolute Gasteiger partial charge is 0.268 e. The zero-order valence-corrected chi connectivity index (χ0v) is 16.1. The summed E-state index contributed by atoms with van der Waals surface area (Å²) >= 11 is 6.05. The first-order chi connectivity index (χ1) is 13.5. The summed E-state index contributed by atoms with van der Waals surface area (Å²) < 4.78 is 1.85. The highest BCUT2D eigenvalue weighted by Crippen LogP contribution is 2.51. The molecule has 140 valence electrons. The van der Waals surface area contributed by atoms with E-state index in [2.05, 4.69) is 22.3 Å². The summed E-state index contributed by atoms with van der Waals surface area (Å²) in [6.45, 7) is 2.14. The van der Waals surface area contributed by atoms with Crippen molar-refractivity contribution in [1.82, 2.24) is 20.1 Å². The lowest BCUT2D eigenvalue weighted by Crippen LogP contribution is -2.36. The number of halogens is 1. The molecule has 0 spiro atoms. The van der Waals surface area contributed by atoms with E-state index in [9.17, 15) is 4.79 Å². The van der Waals surface area contributed by atoms with E-state index in [0.29, 0.717) is 16.6 Å². The molecule has 0 radical (unpaired) electrons. The number of hydrogen-bond acceptors (Lipinski definition) is 2. The van der Waals surface area contributed by atoms with E-state index < -0.39 is 0 Å². The van der Waals surface area contributed by atoms with Crippen molar-refractivity contribution in [1.29, 1.82) is 0 Å². The quantitative estimate of drug-likeness (QED) is 0.531. The predicted molar refractivity (Wildman–Crippen MR) is 110 cm³/mol. The Kier molecular flexibility index (Phi) is 3.81. The lowest BCUT2D eigenvalue weighted by Gasteiger charge is -2.17. The fraction of sp³-hybridized carbons (Fsp3) is 0.182. The maximum atomic E-state index is 12.9. The number of H-pyrrole nitrogens is 1. The van der Waals surface area contributed by atoms with Gasteiger partial charge in [0.25, 0.3) is 5.91 Å². The second-order valence-corrected chi connectivity index (χ2v) is 7.89. The van der Waals surface area contributed by atoms with Gasteiger partial charge in [-0.25, -0.2) is 4.68 Å². The van der Waals surface area contributed by atoms with Gasteiger partial charge in [0.2, 0.25) is 0 Å². The molecule has 1 saturated carbocycles. The van der Waals surface area contributed by atoms with Crippen molar-refractivity contribution in [3.05, 3.63) is 83.3 Å². The minimum absolute atomic E-state index is 0.121. The molecule has 4 aromatic rings. The van der Waals surface area contributed by atoms with Crippen LogP contribution in [-0.4, -0.2) is 20.7 Å². The molecule has 28 heavy (non-hydrogen) atoms. The second kappa shape index (κ2) is 6.24. The highest BCUT2D eigenvalue weighted by molar-refractivity contribution is 6.31. The van der Waals surface area contributed by atoms with Gasteiger partial charge in [0.1, 0.15) is 5.69 Å². The molecule has 0 unspecified atom stereocenters. The van der Waals surface area contributed by atoms with Crippen LogP contribution in [0.15, 0.2) is 67.0 Å². The van der Waals surface area contributed by atoms with Gasteiger partial charge in [0.05, 0.1) is 17.4 Å². The van der Waals surface area contributed by atoms with E-state index in [1.54, 1.807) is 0 Å². The Morgan fingerprint density at radius 2 is 2.04 bits per heavy atom. The molecular formula is C22H19ClN4O. The fourth-order valence-corrected chi connectivity index (χ4v) is 4.02. The number of rotatable bonds is 4. The van der Waals surface area contributed by atoms with Crippen LogP contribution < -0.4 is 5.32 Å². The van der Waals surface area contributed by atoms with Crippen molar-refractivity contribution in [3.63, 3.8) is 0 Å². The van der Waals surface area contributed by atoms with Gasteiger partial charge in [-0.3, -0.25) is 4.79 Å². The van der Waals surface area contributed by atoms with Crippen LogP contribution in [0.5, 0.6) is 0 Å². The van der Waals surface area contributed by atoms with Crippen molar-refractivity contribution < 1.29 is 4.79 Å². The first kappa shape index (κ1) is 17.1. The van der Waals surface area contributed by atoms with Crippen LogP contribution >= 0.6 is 11.6 Å². The topological polar surface area (TPSA) is 62.7 Å². The molecule has 2 aromatic heterocycles. The SMILES string of the molecule is C[C@@H]1C[C@]1(NC(=O)c1cc2cc(Cl)ccc2[nH]1)c1cnn(-c2ccccc2)c1. The molecule has 5 rings (SSSR count). The van der Waals surface area contributed by atoms with E-state index in [1.807, 2.05) is 71.7 Å². The third kappa shape index (κ3) is 2.79. The van der Waals surface area contributed by atoms with Crippen LogP contribution in [0, 0.1) is 5.92 Å². The number of aromatic nitrogens is 3.